The molecule has 0 aromatic rings. The van der Waals surface area contributed by atoms with E-state index < -0.39 is 9.84 Å². The van der Waals surface area contributed by atoms with Crippen LogP contribution in [0.15, 0.2) is 0 Å². The molecule has 14 heavy (non-hydrogen) atoms. The molecular formula is C8H16N2O3S. The Morgan fingerprint density at radius 1 is 1.50 bits per heavy atom. The number of amides is 2. The van der Waals surface area contributed by atoms with E-state index in [0.29, 0.717) is 12.8 Å². The van der Waals surface area contributed by atoms with E-state index in [1.165, 1.54) is 4.90 Å². The molecule has 1 saturated heterocycles. The van der Waals surface area contributed by atoms with Crippen LogP contribution >= 0.6 is 0 Å². The van der Waals surface area contributed by atoms with Crippen LogP contribution in [0.5, 0.6) is 0 Å². The van der Waals surface area contributed by atoms with E-state index in [9.17, 15) is 13.2 Å². The van der Waals surface area contributed by atoms with Crippen LogP contribution in [0.4, 0.5) is 4.79 Å². The van der Waals surface area contributed by atoms with Gasteiger partial charge in [-0.1, -0.05) is 0 Å². The Morgan fingerprint density at radius 2 is 2.14 bits per heavy atom. The second-order valence-electron chi connectivity index (χ2n) is 3.71. The molecule has 1 rings (SSSR count). The van der Waals surface area contributed by atoms with Crippen LogP contribution in [-0.2, 0) is 9.84 Å². The highest BCUT2D eigenvalue weighted by Gasteiger charge is 2.31. The summed E-state index contributed by atoms with van der Waals surface area (Å²) in [4.78, 5) is 12.5. The standard InChI is InChI=1S/C8H16N2O3S/c1-10(2)8(11)9-6-7-4-3-5-14(7,12)13/h7H,3-6H2,1-2H3,(H,9,11). The van der Waals surface area contributed by atoms with Crippen molar-refractivity contribution < 1.29 is 13.2 Å². The van der Waals surface area contributed by atoms with Crippen LogP contribution in [0.25, 0.3) is 0 Å². The maximum Gasteiger partial charge on any atom is 0.316 e. The van der Waals surface area contributed by atoms with Crippen molar-refractivity contribution in [3.8, 4) is 0 Å². The second kappa shape index (κ2) is 4.16. The third kappa shape index (κ3) is 2.60. The third-order valence-corrected chi connectivity index (χ3v) is 4.63. The summed E-state index contributed by atoms with van der Waals surface area (Å²) in [5.41, 5.74) is 0. The van der Waals surface area contributed by atoms with Crippen molar-refractivity contribution in [2.45, 2.75) is 18.1 Å². The molecule has 1 aliphatic rings. The number of hydrogen-bond donors (Lipinski definition) is 1. The first kappa shape index (κ1) is 11.3. The summed E-state index contributed by atoms with van der Waals surface area (Å²) >= 11 is 0. The van der Waals surface area contributed by atoms with Crippen molar-refractivity contribution in [1.82, 2.24) is 10.2 Å². The number of nitrogens with one attached hydrogen (secondary N) is 1. The zero-order chi connectivity index (χ0) is 10.8. The molecule has 5 nitrogen and oxygen atoms in total. The van der Waals surface area contributed by atoms with Gasteiger partial charge in [0.25, 0.3) is 0 Å². The van der Waals surface area contributed by atoms with Crippen molar-refractivity contribution in [1.29, 1.82) is 0 Å². The van der Waals surface area contributed by atoms with Gasteiger partial charge in [0.2, 0.25) is 0 Å². The van der Waals surface area contributed by atoms with Gasteiger partial charge in [0.05, 0.1) is 11.0 Å². The maximum atomic E-state index is 11.4. The molecule has 1 atom stereocenters. The van der Waals surface area contributed by atoms with Gasteiger partial charge in [-0.15, -0.1) is 0 Å². The number of nitrogens with zero attached hydrogens (tertiary/aromatic N) is 1. The van der Waals surface area contributed by atoms with Gasteiger partial charge >= 0.3 is 6.03 Å². The number of urea groups is 1. The lowest BCUT2D eigenvalue weighted by Gasteiger charge is -2.14. The molecule has 1 aliphatic heterocycles. The zero-order valence-corrected chi connectivity index (χ0v) is 9.30. The molecule has 1 N–H and O–H groups in total. The monoisotopic (exact) mass is 220 g/mol. The number of rotatable bonds is 2. The predicted octanol–water partition coefficient (Wildman–Crippen LogP) is -0.165. The van der Waals surface area contributed by atoms with Gasteiger partial charge in [0, 0.05) is 20.6 Å². The summed E-state index contributed by atoms with van der Waals surface area (Å²) in [5.74, 6) is 0.259. The topological polar surface area (TPSA) is 66.5 Å². The van der Waals surface area contributed by atoms with Crippen LogP contribution < -0.4 is 5.32 Å². The third-order valence-electron chi connectivity index (χ3n) is 2.35. The Morgan fingerprint density at radius 3 is 2.57 bits per heavy atom. The van der Waals surface area contributed by atoms with Crippen molar-refractivity contribution in [3.05, 3.63) is 0 Å². The molecular weight excluding hydrogens is 204 g/mol. The predicted molar refractivity (Wildman–Crippen MR) is 53.9 cm³/mol. The van der Waals surface area contributed by atoms with Crippen LogP contribution in [0.3, 0.4) is 0 Å². The van der Waals surface area contributed by atoms with Crippen LogP contribution in [0, 0.1) is 0 Å². The Labute approximate surface area is 84.4 Å². The SMILES string of the molecule is CN(C)C(=O)NCC1CCCS1(=O)=O. The van der Waals surface area contributed by atoms with Crippen molar-refractivity contribution in [2.75, 3.05) is 26.4 Å². The number of carbonyl (C=O) groups excluding carboxylic acids is 1. The minimum Gasteiger partial charge on any atom is -0.337 e. The summed E-state index contributed by atoms with van der Waals surface area (Å²) in [6.07, 6.45) is 1.38. The van der Waals surface area contributed by atoms with Crippen molar-refractivity contribution >= 4 is 15.9 Å². The van der Waals surface area contributed by atoms with E-state index in [0.717, 1.165) is 0 Å². The highest BCUT2D eigenvalue weighted by molar-refractivity contribution is 7.92. The highest BCUT2D eigenvalue weighted by atomic mass is 32.2. The second-order valence-corrected chi connectivity index (χ2v) is 6.11. The van der Waals surface area contributed by atoms with E-state index in [-0.39, 0.29) is 23.6 Å². The smallest absolute Gasteiger partial charge is 0.316 e. The maximum absolute atomic E-state index is 11.4. The molecule has 0 aromatic carbocycles. The Bertz CT molecular complexity index is 311. The van der Waals surface area contributed by atoms with Crippen molar-refractivity contribution in [2.24, 2.45) is 0 Å². The molecule has 6 heteroatoms. The molecule has 1 heterocycles. The van der Waals surface area contributed by atoms with Crippen LogP contribution in [0.1, 0.15) is 12.8 Å². The first-order valence-electron chi connectivity index (χ1n) is 4.60. The fourth-order valence-electron chi connectivity index (χ4n) is 1.45. The fourth-order valence-corrected chi connectivity index (χ4v) is 3.21. The average Bonchev–Trinajstić information content (AvgIpc) is 2.40. The molecule has 0 aromatic heterocycles. The molecule has 1 fully saturated rings. The minimum atomic E-state index is -2.94. The van der Waals surface area contributed by atoms with Gasteiger partial charge in [-0.05, 0) is 12.8 Å². The number of hydrogen-bond acceptors (Lipinski definition) is 3. The van der Waals surface area contributed by atoms with E-state index in [1.54, 1.807) is 14.1 Å². The lowest BCUT2D eigenvalue weighted by molar-refractivity contribution is 0.217. The van der Waals surface area contributed by atoms with Crippen LogP contribution in [0.2, 0.25) is 0 Å². The summed E-state index contributed by atoms with van der Waals surface area (Å²) in [7, 11) is 0.305. The van der Waals surface area contributed by atoms with E-state index in [2.05, 4.69) is 5.32 Å². The summed E-state index contributed by atoms with van der Waals surface area (Å²) in [6, 6.07) is -0.243. The van der Waals surface area contributed by atoms with E-state index in [1.807, 2.05) is 0 Å². The molecule has 0 radical (unpaired) electrons. The lowest BCUT2D eigenvalue weighted by Crippen LogP contribution is -2.40. The van der Waals surface area contributed by atoms with Gasteiger partial charge in [-0.25, -0.2) is 13.2 Å². The molecule has 82 valence electrons. The summed E-state index contributed by atoms with van der Waals surface area (Å²) in [5, 5.41) is 2.20. The van der Waals surface area contributed by atoms with E-state index in [4.69, 9.17) is 0 Å². The quantitative estimate of drug-likeness (QED) is 0.703. The zero-order valence-electron chi connectivity index (χ0n) is 8.49. The average molecular weight is 220 g/mol. The van der Waals surface area contributed by atoms with Gasteiger partial charge in [-0.2, -0.15) is 0 Å². The Kier molecular flexibility index (Phi) is 3.36. The molecule has 0 spiro atoms. The van der Waals surface area contributed by atoms with Gasteiger partial charge in [-0.3, -0.25) is 0 Å². The highest BCUT2D eigenvalue weighted by Crippen LogP contribution is 2.18. The fraction of sp³-hybridized carbons (Fsp3) is 0.875. The van der Waals surface area contributed by atoms with Crippen molar-refractivity contribution in [3.63, 3.8) is 0 Å². The van der Waals surface area contributed by atoms with Crippen LogP contribution in [-0.4, -0.2) is 51.0 Å². The van der Waals surface area contributed by atoms with Gasteiger partial charge in [0.1, 0.15) is 0 Å². The molecule has 1 unspecified atom stereocenters. The first-order valence-corrected chi connectivity index (χ1v) is 6.32. The number of carbonyl (C=O) groups is 1. The summed E-state index contributed by atoms with van der Waals surface area (Å²) in [6.45, 7) is 0.235. The lowest BCUT2D eigenvalue weighted by atomic mass is 10.2. The molecule has 2 amide bonds. The first-order chi connectivity index (χ1) is 6.43. The molecule has 0 aliphatic carbocycles. The van der Waals surface area contributed by atoms with E-state index >= 15 is 0 Å². The van der Waals surface area contributed by atoms with Gasteiger partial charge < -0.3 is 10.2 Å². The van der Waals surface area contributed by atoms with Gasteiger partial charge in [0.15, 0.2) is 9.84 Å². The Balaban J connectivity index is 2.43. The molecule has 0 saturated carbocycles. The number of sulfone groups is 1. The minimum absolute atomic E-state index is 0.235. The summed E-state index contributed by atoms with van der Waals surface area (Å²) < 4.78 is 22.8. The normalized spacial score (nSPS) is 24.6. The molecule has 0 bridgehead atoms. The Hall–Kier alpha value is -0.780. The largest absolute Gasteiger partial charge is 0.337 e.